The van der Waals surface area contributed by atoms with E-state index < -0.39 is 5.54 Å². The molecule has 1 spiro atoms. The highest BCUT2D eigenvalue weighted by Gasteiger charge is 2.60. The van der Waals surface area contributed by atoms with Crippen LogP contribution < -0.4 is 10.1 Å². The van der Waals surface area contributed by atoms with Crippen molar-refractivity contribution in [3.05, 3.63) is 48.3 Å². The molecule has 1 aromatic carbocycles. The zero-order chi connectivity index (χ0) is 25.4. The predicted molar refractivity (Wildman–Crippen MR) is 134 cm³/mol. The van der Waals surface area contributed by atoms with E-state index in [-0.39, 0.29) is 29.6 Å². The summed E-state index contributed by atoms with van der Waals surface area (Å²) in [5.41, 5.74) is 2.72. The molecule has 0 radical (unpaired) electrons. The van der Waals surface area contributed by atoms with Gasteiger partial charge in [-0.2, -0.15) is 0 Å². The standard InChI is InChI=1S/C27H32N4O5/c1-5-16-13-31-9-8-27(22(31)10-19(16)20(14-34-2)26(33)36-4)25(32)23-21(35-3)7-6-18(24(23)30-27)17-11-28-15-29-12-17/h6-7,11-12,14-16,19,22,30H,5,8-10,13H2,1-4H3/b20-14+/t16-,19+,22+,27+/m1/s1. The van der Waals surface area contributed by atoms with Crippen molar-refractivity contribution in [1.29, 1.82) is 0 Å². The van der Waals surface area contributed by atoms with Gasteiger partial charge in [-0.3, -0.25) is 9.69 Å². The second kappa shape index (κ2) is 9.54. The van der Waals surface area contributed by atoms with E-state index in [1.54, 1.807) is 19.5 Å². The van der Waals surface area contributed by atoms with Gasteiger partial charge >= 0.3 is 5.97 Å². The molecule has 190 valence electrons. The molecule has 0 aliphatic carbocycles. The molecule has 9 nitrogen and oxygen atoms in total. The number of ether oxygens (including phenoxy) is 3. The van der Waals surface area contributed by atoms with Gasteiger partial charge in [-0.15, -0.1) is 0 Å². The van der Waals surface area contributed by atoms with Crippen LogP contribution in [0, 0.1) is 11.8 Å². The first kappa shape index (κ1) is 24.2. The summed E-state index contributed by atoms with van der Waals surface area (Å²) in [5, 5.41) is 3.67. The number of aromatic nitrogens is 2. The van der Waals surface area contributed by atoms with Gasteiger partial charge < -0.3 is 19.5 Å². The quantitative estimate of drug-likeness (QED) is 0.369. The molecule has 3 aliphatic rings. The molecule has 0 amide bonds. The van der Waals surface area contributed by atoms with Crippen molar-refractivity contribution in [1.82, 2.24) is 14.9 Å². The van der Waals surface area contributed by atoms with Gasteiger partial charge in [0.15, 0.2) is 5.78 Å². The first-order chi connectivity index (χ1) is 17.5. The number of nitrogens with zero attached hydrogens (tertiary/aromatic N) is 3. The van der Waals surface area contributed by atoms with Gasteiger partial charge in [-0.05, 0) is 36.8 Å². The number of carbonyl (C=O) groups is 2. The van der Waals surface area contributed by atoms with E-state index in [4.69, 9.17) is 14.2 Å². The Morgan fingerprint density at radius 1 is 1.25 bits per heavy atom. The van der Waals surface area contributed by atoms with Crippen LogP contribution in [0.1, 0.15) is 36.5 Å². The lowest BCUT2D eigenvalue weighted by Gasteiger charge is -2.45. The van der Waals surface area contributed by atoms with Crippen LogP contribution in [0.3, 0.4) is 0 Å². The molecule has 4 heterocycles. The van der Waals surface area contributed by atoms with E-state index in [2.05, 4.69) is 27.1 Å². The van der Waals surface area contributed by atoms with Crippen molar-refractivity contribution in [3.8, 4) is 16.9 Å². The normalized spacial score (nSPS) is 27.4. The summed E-state index contributed by atoms with van der Waals surface area (Å²) in [4.78, 5) is 37.7. The molecule has 1 N–H and O–H groups in total. The fraction of sp³-hybridized carbons (Fsp3) is 0.481. The molecule has 0 saturated carbocycles. The number of hydrogen-bond acceptors (Lipinski definition) is 9. The highest BCUT2D eigenvalue weighted by atomic mass is 16.5. The number of ketones is 1. The van der Waals surface area contributed by atoms with Crippen LogP contribution in [0.4, 0.5) is 5.69 Å². The number of hydrogen-bond donors (Lipinski definition) is 1. The fourth-order valence-corrected chi connectivity index (χ4v) is 6.41. The minimum Gasteiger partial charge on any atom is -0.504 e. The first-order valence-electron chi connectivity index (χ1n) is 12.3. The van der Waals surface area contributed by atoms with Crippen molar-refractivity contribution >= 4 is 17.4 Å². The molecule has 4 atom stereocenters. The predicted octanol–water partition coefficient (Wildman–Crippen LogP) is 3.32. The summed E-state index contributed by atoms with van der Waals surface area (Å²) in [6.07, 6.45) is 8.70. The Morgan fingerprint density at radius 2 is 2.03 bits per heavy atom. The smallest absolute Gasteiger partial charge is 0.337 e. The largest absolute Gasteiger partial charge is 0.504 e. The van der Waals surface area contributed by atoms with Crippen LogP contribution in [0.5, 0.6) is 5.75 Å². The number of methoxy groups -OCH3 is 3. The Kier molecular flexibility index (Phi) is 6.42. The Balaban J connectivity index is 1.57. The lowest BCUT2D eigenvalue weighted by Crippen LogP contribution is -2.57. The van der Waals surface area contributed by atoms with Crippen LogP contribution >= 0.6 is 0 Å². The van der Waals surface area contributed by atoms with Crippen LogP contribution in [-0.4, -0.2) is 72.6 Å². The number of esters is 1. The molecule has 2 aromatic rings. The molecule has 3 aliphatic heterocycles. The number of anilines is 1. The Bertz CT molecular complexity index is 1200. The highest BCUT2D eigenvalue weighted by Crippen LogP contribution is 2.52. The molecule has 5 rings (SSSR count). The second-order valence-electron chi connectivity index (χ2n) is 9.69. The summed E-state index contributed by atoms with van der Waals surface area (Å²) in [6.45, 7) is 3.74. The van der Waals surface area contributed by atoms with E-state index >= 15 is 0 Å². The average molecular weight is 493 g/mol. The van der Waals surface area contributed by atoms with Crippen LogP contribution in [0.15, 0.2) is 42.7 Å². The molecule has 0 unspecified atom stereocenters. The molecule has 2 saturated heterocycles. The van der Waals surface area contributed by atoms with E-state index in [0.717, 1.165) is 36.3 Å². The molecule has 0 bridgehead atoms. The summed E-state index contributed by atoms with van der Waals surface area (Å²) < 4.78 is 16.0. The Labute approximate surface area is 210 Å². The number of fused-ring (bicyclic) bond motifs is 3. The van der Waals surface area contributed by atoms with E-state index in [1.807, 2.05) is 12.1 Å². The zero-order valence-corrected chi connectivity index (χ0v) is 21.1. The maximum absolute atomic E-state index is 14.3. The number of carbonyl (C=O) groups excluding carboxylic acids is 2. The lowest BCUT2D eigenvalue weighted by molar-refractivity contribution is -0.137. The van der Waals surface area contributed by atoms with Gasteiger partial charge in [0.1, 0.15) is 17.6 Å². The van der Waals surface area contributed by atoms with Crippen molar-refractivity contribution in [2.75, 3.05) is 39.7 Å². The monoisotopic (exact) mass is 492 g/mol. The van der Waals surface area contributed by atoms with Gasteiger partial charge in [0.2, 0.25) is 0 Å². The second-order valence-corrected chi connectivity index (χ2v) is 9.69. The number of rotatable bonds is 6. The molecule has 1 aromatic heterocycles. The number of piperidine rings is 1. The Hall–Kier alpha value is -3.46. The first-order valence-corrected chi connectivity index (χ1v) is 12.3. The van der Waals surface area contributed by atoms with Gasteiger partial charge in [0.05, 0.1) is 44.4 Å². The maximum Gasteiger partial charge on any atom is 0.337 e. The van der Waals surface area contributed by atoms with Gasteiger partial charge in [0.25, 0.3) is 0 Å². The minimum atomic E-state index is -0.813. The zero-order valence-electron chi connectivity index (χ0n) is 21.1. The van der Waals surface area contributed by atoms with Crippen molar-refractivity contribution in [2.24, 2.45) is 11.8 Å². The van der Waals surface area contributed by atoms with Gasteiger partial charge in [0, 0.05) is 42.7 Å². The van der Waals surface area contributed by atoms with Crippen molar-refractivity contribution in [3.63, 3.8) is 0 Å². The Morgan fingerprint density at radius 3 is 2.69 bits per heavy atom. The molecule has 9 heteroatoms. The van der Waals surface area contributed by atoms with E-state index in [0.29, 0.717) is 29.7 Å². The third-order valence-electron chi connectivity index (χ3n) is 8.15. The van der Waals surface area contributed by atoms with Crippen LogP contribution in [0.2, 0.25) is 0 Å². The van der Waals surface area contributed by atoms with E-state index in [1.165, 1.54) is 26.8 Å². The molecule has 36 heavy (non-hydrogen) atoms. The SMILES string of the molecule is CC[C@@H]1CN2CC[C@]3(Nc4c(-c5cncnc5)ccc(OC)c4C3=O)[C@@H]2C[C@@H]1/C(=C\OC)C(=O)OC. The summed E-state index contributed by atoms with van der Waals surface area (Å²) in [7, 11) is 4.51. The molecular formula is C27H32N4O5. The minimum absolute atomic E-state index is 0.0320. The third-order valence-corrected chi connectivity index (χ3v) is 8.15. The lowest BCUT2D eigenvalue weighted by atomic mass is 9.72. The maximum atomic E-state index is 14.3. The number of benzene rings is 1. The average Bonchev–Trinajstić information content (AvgIpc) is 3.43. The summed E-state index contributed by atoms with van der Waals surface area (Å²) in [5.74, 6) is 0.363. The molecular weight excluding hydrogens is 460 g/mol. The van der Waals surface area contributed by atoms with Gasteiger partial charge in [-0.25, -0.2) is 14.8 Å². The van der Waals surface area contributed by atoms with Gasteiger partial charge in [-0.1, -0.05) is 13.3 Å². The van der Waals surface area contributed by atoms with Crippen LogP contribution in [0.25, 0.3) is 11.1 Å². The van der Waals surface area contributed by atoms with Crippen LogP contribution in [-0.2, 0) is 14.3 Å². The van der Waals surface area contributed by atoms with Crippen molar-refractivity contribution in [2.45, 2.75) is 37.8 Å². The topological polar surface area (TPSA) is 103 Å². The number of Topliss-reactive ketones (excluding diaryl/α,β-unsaturated/α-hetero) is 1. The summed E-state index contributed by atoms with van der Waals surface area (Å²) in [6, 6.07) is 3.68. The third kappa shape index (κ3) is 3.64. The summed E-state index contributed by atoms with van der Waals surface area (Å²) >= 11 is 0. The number of nitrogens with one attached hydrogen (secondary N) is 1. The van der Waals surface area contributed by atoms with E-state index in [9.17, 15) is 9.59 Å². The molecule has 2 fully saturated rings. The van der Waals surface area contributed by atoms with Crippen molar-refractivity contribution < 1.29 is 23.8 Å². The highest BCUT2D eigenvalue weighted by molar-refractivity contribution is 6.18. The fourth-order valence-electron chi connectivity index (χ4n) is 6.41.